The van der Waals surface area contributed by atoms with Gasteiger partial charge in [-0.25, -0.2) is 23.1 Å². The summed E-state index contributed by atoms with van der Waals surface area (Å²) in [7, 11) is -2.16. The van der Waals surface area contributed by atoms with Crippen LogP contribution in [0.5, 0.6) is 0 Å². The predicted octanol–water partition coefficient (Wildman–Crippen LogP) is 3.32. The van der Waals surface area contributed by atoms with Crippen LogP contribution in [0.3, 0.4) is 0 Å². The number of amides is 1. The molecule has 32 heavy (non-hydrogen) atoms. The molecule has 0 aliphatic rings. The standard InChI is InChI=1S/C23H28N4O4S/c1-5-19-20(6-2)26-22-13-16(7-12-21(22)25-19)23(28)24-17-8-10-18(11-9-17)32(29,30)27-15(3)14-31-4/h7-13,15,27H,5-6,14H2,1-4H3,(H,24,28). The lowest BCUT2D eigenvalue weighted by molar-refractivity contribution is 0.102. The maximum absolute atomic E-state index is 12.7. The highest BCUT2D eigenvalue weighted by molar-refractivity contribution is 7.89. The number of ether oxygens (including phenoxy) is 1. The van der Waals surface area contributed by atoms with Gasteiger partial charge in [-0.05, 0) is 62.2 Å². The Balaban J connectivity index is 1.76. The van der Waals surface area contributed by atoms with Gasteiger partial charge in [-0.1, -0.05) is 13.8 Å². The van der Waals surface area contributed by atoms with Crippen molar-refractivity contribution >= 4 is 32.7 Å². The van der Waals surface area contributed by atoms with E-state index in [1.807, 2.05) is 13.8 Å². The Morgan fingerprint density at radius 1 is 1.00 bits per heavy atom. The third kappa shape index (κ3) is 5.48. The Hall–Kier alpha value is -2.88. The Morgan fingerprint density at radius 2 is 1.62 bits per heavy atom. The van der Waals surface area contributed by atoms with Crippen molar-refractivity contribution in [3.63, 3.8) is 0 Å². The highest BCUT2D eigenvalue weighted by Crippen LogP contribution is 2.19. The summed E-state index contributed by atoms with van der Waals surface area (Å²) >= 11 is 0. The summed E-state index contributed by atoms with van der Waals surface area (Å²) in [6, 6.07) is 10.9. The van der Waals surface area contributed by atoms with E-state index in [9.17, 15) is 13.2 Å². The first-order valence-corrected chi connectivity index (χ1v) is 12.0. The average Bonchev–Trinajstić information content (AvgIpc) is 2.77. The van der Waals surface area contributed by atoms with Crippen LogP contribution in [-0.4, -0.2) is 44.1 Å². The Bertz CT molecular complexity index is 1210. The molecule has 0 bridgehead atoms. The summed E-state index contributed by atoms with van der Waals surface area (Å²) in [5.74, 6) is -0.311. The molecule has 3 aromatic rings. The summed E-state index contributed by atoms with van der Waals surface area (Å²) in [6.45, 7) is 6.06. The van der Waals surface area contributed by atoms with E-state index in [0.29, 0.717) is 16.8 Å². The number of hydrogen-bond acceptors (Lipinski definition) is 6. The fourth-order valence-corrected chi connectivity index (χ4v) is 4.60. The number of aromatic nitrogens is 2. The molecule has 1 heterocycles. The van der Waals surface area contributed by atoms with E-state index in [1.165, 1.54) is 19.2 Å². The minimum atomic E-state index is -3.67. The Kier molecular flexibility index (Phi) is 7.55. The molecule has 1 atom stereocenters. The largest absolute Gasteiger partial charge is 0.383 e. The third-order valence-electron chi connectivity index (χ3n) is 4.95. The van der Waals surface area contributed by atoms with Gasteiger partial charge >= 0.3 is 0 Å². The molecule has 1 unspecified atom stereocenters. The molecule has 0 aliphatic carbocycles. The van der Waals surface area contributed by atoms with Gasteiger partial charge in [0, 0.05) is 24.4 Å². The van der Waals surface area contributed by atoms with Crippen molar-refractivity contribution in [2.24, 2.45) is 0 Å². The molecule has 0 saturated heterocycles. The van der Waals surface area contributed by atoms with Crippen molar-refractivity contribution < 1.29 is 17.9 Å². The zero-order chi connectivity index (χ0) is 23.3. The molecule has 9 heteroatoms. The van der Waals surface area contributed by atoms with E-state index in [1.54, 1.807) is 37.3 Å². The molecule has 8 nitrogen and oxygen atoms in total. The van der Waals surface area contributed by atoms with Gasteiger partial charge in [0.05, 0.1) is 33.9 Å². The maximum Gasteiger partial charge on any atom is 0.255 e. The zero-order valence-corrected chi connectivity index (χ0v) is 19.5. The van der Waals surface area contributed by atoms with Gasteiger partial charge in [0.2, 0.25) is 10.0 Å². The molecule has 1 aromatic heterocycles. The topological polar surface area (TPSA) is 110 Å². The number of fused-ring (bicyclic) bond motifs is 1. The number of nitrogens with zero attached hydrogens (tertiary/aromatic N) is 2. The lowest BCUT2D eigenvalue weighted by Gasteiger charge is -2.13. The number of rotatable bonds is 9. The molecule has 1 amide bonds. The second-order valence-electron chi connectivity index (χ2n) is 7.48. The number of carbonyl (C=O) groups is 1. The van der Waals surface area contributed by atoms with Crippen LogP contribution in [0.25, 0.3) is 11.0 Å². The first-order chi connectivity index (χ1) is 15.3. The summed E-state index contributed by atoms with van der Waals surface area (Å²) in [4.78, 5) is 22.2. The van der Waals surface area contributed by atoms with E-state index < -0.39 is 10.0 Å². The van der Waals surface area contributed by atoms with Crippen LogP contribution in [-0.2, 0) is 27.6 Å². The monoisotopic (exact) mass is 456 g/mol. The Morgan fingerprint density at radius 3 is 2.22 bits per heavy atom. The average molecular weight is 457 g/mol. The van der Waals surface area contributed by atoms with Crippen LogP contribution in [0.4, 0.5) is 5.69 Å². The number of nitrogens with one attached hydrogen (secondary N) is 2. The minimum absolute atomic E-state index is 0.109. The number of sulfonamides is 1. The molecule has 170 valence electrons. The van der Waals surface area contributed by atoms with E-state index >= 15 is 0 Å². The third-order valence-corrected chi connectivity index (χ3v) is 6.55. The van der Waals surface area contributed by atoms with E-state index in [0.717, 1.165) is 29.7 Å². The van der Waals surface area contributed by atoms with Crippen LogP contribution in [0, 0.1) is 0 Å². The molecule has 0 radical (unpaired) electrons. The molecular formula is C23H28N4O4S. The molecule has 3 rings (SSSR count). The fourth-order valence-electron chi connectivity index (χ4n) is 3.37. The van der Waals surface area contributed by atoms with Gasteiger partial charge in [-0.3, -0.25) is 4.79 Å². The minimum Gasteiger partial charge on any atom is -0.383 e. The summed E-state index contributed by atoms with van der Waals surface area (Å²) in [6.07, 6.45) is 1.58. The summed E-state index contributed by atoms with van der Waals surface area (Å²) in [5.41, 5.74) is 4.26. The normalized spacial score (nSPS) is 12.6. The lowest BCUT2D eigenvalue weighted by atomic mass is 10.1. The highest BCUT2D eigenvalue weighted by Gasteiger charge is 2.17. The smallest absolute Gasteiger partial charge is 0.255 e. The second kappa shape index (κ2) is 10.2. The maximum atomic E-state index is 12.7. The second-order valence-corrected chi connectivity index (χ2v) is 9.20. The molecule has 0 aliphatic heterocycles. The first-order valence-electron chi connectivity index (χ1n) is 10.5. The lowest BCUT2D eigenvalue weighted by Crippen LogP contribution is -2.35. The molecule has 0 fully saturated rings. The number of anilines is 1. The van der Waals surface area contributed by atoms with Crippen molar-refractivity contribution in [3.8, 4) is 0 Å². The van der Waals surface area contributed by atoms with E-state index in [-0.39, 0.29) is 23.5 Å². The SMILES string of the molecule is CCc1nc2ccc(C(=O)Nc3ccc(S(=O)(=O)NC(C)COC)cc3)cc2nc1CC. The molecular weight excluding hydrogens is 428 g/mol. The fraction of sp³-hybridized carbons (Fsp3) is 0.348. The molecule has 0 spiro atoms. The summed E-state index contributed by atoms with van der Waals surface area (Å²) < 4.78 is 32.4. The molecule has 2 N–H and O–H groups in total. The molecule has 0 saturated carbocycles. The number of aryl methyl sites for hydroxylation is 2. The van der Waals surface area contributed by atoms with Crippen LogP contribution in [0.1, 0.15) is 42.5 Å². The van der Waals surface area contributed by atoms with Crippen molar-refractivity contribution in [3.05, 3.63) is 59.4 Å². The van der Waals surface area contributed by atoms with Gasteiger partial charge in [0.25, 0.3) is 5.91 Å². The van der Waals surface area contributed by atoms with Crippen LogP contribution in [0.15, 0.2) is 47.4 Å². The van der Waals surface area contributed by atoms with E-state index in [2.05, 4.69) is 20.0 Å². The van der Waals surface area contributed by atoms with Gasteiger partial charge < -0.3 is 10.1 Å². The predicted molar refractivity (Wildman–Crippen MR) is 124 cm³/mol. The van der Waals surface area contributed by atoms with E-state index in [4.69, 9.17) is 4.74 Å². The van der Waals surface area contributed by atoms with Crippen LogP contribution >= 0.6 is 0 Å². The summed E-state index contributed by atoms with van der Waals surface area (Å²) in [5, 5.41) is 2.79. The highest BCUT2D eigenvalue weighted by atomic mass is 32.2. The number of methoxy groups -OCH3 is 1. The van der Waals surface area contributed by atoms with Gasteiger partial charge in [0.1, 0.15) is 0 Å². The van der Waals surface area contributed by atoms with Crippen LogP contribution < -0.4 is 10.0 Å². The quantitative estimate of drug-likeness (QED) is 0.511. The van der Waals surface area contributed by atoms with Crippen molar-refractivity contribution in [1.29, 1.82) is 0 Å². The van der Waals surface area contributed by atoms with Crippen LogP contribution in [0.2, 0.25) is 0 Å². The Labute approximate surface area is 188 Å². The number of carbonyl (C=O) groups excluding carboxylic acids is 1. The van der Waals surface area contributed by atoms with Crippen molar-refractivity contribution in [2.45, 2.75) is 44.6 Å². The van der Waals surface area contributed by atoms with Crippen molar-refractivity contribution in [2.75, 3.05) is 19.0 Å². The van der Waals surface area contributed by atoms with Crippen molar-refractivity contribution in [1.82, 2.24) is 14.7 Å². The number of hydrogen-bond donors (Lipinski definition) is 2. The van der Waals surface area contributed by atoms with Gasteiger partial charge in [-0.15, -0.1) is 0 Å². The molecule has 2 aromatic carbocycles. The zero-order valence-electron chi connectivity index (χ0n) is 18.7. The number of benzene rings is 2. The first kappa shape index (κ1) is 23.8. The van der Waals surface area contributed by atoms with Gasteiger partial charge in [0.15, 0.2) is 0 Å². The van der Waals surface area contributed by atoms with Gasteiger partial charge in [-0.2, -0.15) is 0 Å².